The van der Waals surface area contributed by atoms with E-state index in [9.17, 15) is 24.3 Å². The summed E-state index contributed by atoms with van der Waals surface area (Å²) in [5.74, 6) is -3.15. The smallest absolute Gasteiger partial charge is 0.548 e. The fourth-order valence-electron chi connectivity index (χ4n) is 3.03. The van der Waals surface area contributed by atoms with Gasteiger partial charge in [0.25, 0.3) is 0 Å². The van der Waals surface area contributed by atoms with Gasteiger partial charge in [0.1, 0.15) is 6.04 Å². The molecule has 0 aliphatic heterocycles. The first-order valence-corrected chi connectivity index (χ1v) is 12.1. The number of amides is 2. The molecule has 11 heteroatoms. The summed E-state index contributed by atoms with van der Waals surface area (Å²) in [4.78, 5) is 43.4. The van der Waals surface area contributed by atoms with E-state index >= 15 is 0 Å². The number of carboxylic acid groups (broad SMARTS) is 2. The quantitative estimate of drug-likeness (QED) is 0.0934. The van der Waals surface area contributed by atoms with E-state index in [4.69, 9.17) is 22.3 Å². The zero-order chi connectivity index (χ0) is 25.5. The van der Waals surface area contributed by atoms with Crippen LogP contribution in [0.2, 0.25) is 0 Å². The Balaban J connectivity index is -0.000000736. The molecule has 10 nitrogen and oxygen atoms in total. The van der Waals surface area contributed by atoms with Crippen molar-refractivity contribution >= 4 is 23.8 Å². The second-order valence-corrected chi connectivity index (χ2v) is 8.25. The summed E-state index contributed by atoms with van der Waals surface area (Å²) in [6, 6.07) is -1.86. The van der Waals surface area contributed by atoms with Gasteiger partial charge in [-0.2, -0.15) is 0 Å². The topological polar surface area (TPSA) is 202 Å². The van der Waals surface area contributed by atoms with Crippen molar-refractivity contribution in [2.75, 3.05) is 6.54 Å². The molecule has 0 aromatic heterocycles. The van der Waals surface area contributed by atoms with Crippen molar-refractivity contribution in [1.82, 2.24) is 5.32 Å². The van der Waals surface area contributed by atoms with Crippen LogP contribution in [0.5, 0.6) is 0 Å². The van der Waals surface area contributed by atoms with Gasteiger partial charge in [-0.05, 0) is 32.2 Å². The minimum Gasteiger partial charge on any atom is -0.548 e. The first-order chi connectivity index (χ1) is 15.6. The number of nitrogens with two attached hydrogens (primary N) is 3. The van der Waals surface area contributed by atoms with Crippen LogP contribution in [0.4, 0.5) is 0 Å². The number of rotatable bonds is 20. The van der Waals surface area contributed by atoms with Crippen LogP contribution in [-0.2, 0) is 19.2 Å². The number of aliphatic carboxylic acids is 2. The van der Waals surface area contributed by atoms with E-state index in [0.717, 1.165) is 32.1 Å². The molecule has 0 radical (unpaired) electrons. The Morgan fingerprint density at radius 1 is 0.853 bits per heavy atom. The Bertz CT molecular complexity index is 552. The first-order valence-electron chi connectivity index (χ1n) is 12.1. The van der Waals surface area contributed by atoms with Crippen molar-refractivity contribution in [2.24, 2.45) is 17.2 Å². The maximum Gasteiger partial charge on any atom is 1.00 e. The van der Waals surface area contributed by atoms with Crippen molar-refractivity contribution in [2.45, 2.75) is 115 Å². The van der Waals surface area contributed by atoms with Gasteiger partial charge in [-0.15, -0.1) is 0 Å². The Kier molecular flexibility index (Phi) is 29.0. The van der Waals surface area contributed by atoms with Gasteiger partial charge in [0.15, 0.2) is 0 Å². The van der Waals surface area contributed by atoms with E-state index in [2.05, 4.69) is 12.2 Å². The van der Waals surface area contributed by atoms with Gasteiger partial charge in [-0.25, -0.2) is 4.79 Å². The molecule has 0 bridgehead atoms. The van der Waals surface area contributed by atoms with Gasteiger partial charge >= 0.3 is 35.5 Å². The van der Waals surface area contributed by atoms with Crippen LogP contribution >= 0.6 is 0 Å². The molecular weight excluding hydrogens is 451 g/mol. The van der Waals surface area contributed by atoms with Gasteiger partial charge in [0.05, 0.1) is 5.97 Å². The number of nitrogens with one attached hydrogen (secondary N) is 1. The van der Waals surface area contributed by atoms with Crippen LogP contribution in [0.1, 0.15) is 103 Å². The van der Waals surface area contributed by atoms with E-state index in [1.165, 1.54) is 38.5 Å². The third kappa shape index (κ3) is 27.0. The average molecular weight is 497 g/mol. The first kappa shape index (κ1) is 37.4. The molecule has 2 amide bonds. The molecule has 0 aliphatic rings. The van der Waals surface area contributed by atoms with E-state index < -0.39 is 29.9 Å². The van der Waals surface area contributed by atoms with E-state index in [1.807, 2.05) is 0 Å². The summed E-state index contributed by atoms with van der Waals surface area (Å²) < 4.78 is 0. The third-order valence-electron chi connectivity index (χ3n) is 5.09. The van der Waals surface area contributed by atoms with Crippen LogP contribution in [0, 0.1) is 0 Å². The molecule has 0 aromatic carbocycles. The molecule has 0 rings (SSSR count). The van der Waals surface area contributed by atoms with Crippen molar-refractivity contribution in [3.63, 3.8) is 0 Å². The number of hydrogen-bond donors (Lipinski definition) is 5. The predicted molar refractivity (Wildman–Crippen MR) is 126 cm³/mol. The summed E-state index contributed by atoms with van der Waals surface area (Å²) in [6.45, 7) is 2.79. The van der Waals surface area contributed by atoms with Crippen LogP contribution in [0.15, 0.2) is 0 Å². The van der Waals surface area contributed by atoms with E-state index in [1.54, 1.807) is 0 Å². The van der Waals surface area contributed by atoms with E-state index in [-0.39, 0.29) is 48.3 Å². The van der Waals surface area contributed by atoms with Gasteiger partial charge in [-0.1, -0.05) is 64.7 Å². The van der Waals surface area contributed by atoms with Crippen LogP contribution in [0.3, 0.4) is 0 Å². The minimum atomic E-state index is -1.18. The maximum absolute atomic E-state index is 11.7. The fourth-order valence-corrected chi connectivity index (χ4v) is 3.03. The summed E-state index contributed by atoms with van der Waals surface area (Å²) in [7, 11) is 0. The second kappa shape index (κ2) is 26.4. The molecule has 194 valence electrons. The molecule has 8 N–H and O–H groups in total. The van der Waals surface area contributed by atoms with Crippen molar-refractivity contribution in [3.8, 4) is 0 Å². The Morgan fingerprint density at radius 3 is 1.82 bits per heavy atom. The summed E-state index contributed by atoms with van der Waals surface area (Å²) >= 11 is 0. The van der Waals surface area contributed by atoms with Gasteiger partial charge in [0.2, 0.25) is 11.8 Å². The second-order valence-electron chi connectivity index (χ2n) is 8.25. The molecular formula is C23H45N4NaO6. The fraction of sp³-hybridized carbons (Fsp3) is 0.826. The van der Waals surface area contributed by atoms with Crippen LogP contribution < -0.4 is 57.2 Å². The molecule has 0 saturated heterocycles. The van der Waals surface area contributed by atoms with E-state index in [0.29, 0.717) is 19.4 Å². The number of hydrogen-bond acceptors (Lipinski definition) is 7. The number of carboxylic acids is 2. The minimum absolute atomic E-state index is 0. The number of primary amides is 1. The number of carbonyl (C=O) groups excluding carboxylic acids is 3. The summed E-state index contributed by atoms with van der Waals surface area (Å²) in [5, 5.41) is 21.5. The van der Waals surface area contributed by atoms with Crippen LogP contribution in [-0.4, -0.2) is 47.5 Å². The SMILES string of the molecule is CCCCCCCCCCCC(=O)NC(CCC(N)=O)C(=O)O.NCCCCC(N)C(=O)[O-].[Na+]. The van der Waals surface area contributed by atoms with Gasteiger partial charge in [0, 0.05) is 18.9 Å². The zero-order valence-corrected chi connectivity index (χ0v) is 23.2. The van der Waals surface area contributed by atoms with Gasteiger partial charge < -0.3 is 37.5 Å². The normalized spacial score (nSPS) is 11.9. The summed E-state index contributed by atoms with van der Waals surface area (Å²) in [6.07, 6.45) is 12.8. The molecule has 0 aromatic rings. The molecule has 0 spiro atoms. The van der Waals surface area contributed by atoms with Crippen molar-refractivity contribution in [3.05, 3.63) is 0 Å². The number of unbranched alkanes of at least 4 members (excludes halogenated alkanes) is 9. The average Bonchev–Trinajstić information content (AvgIpc) is 2.75. The molecule has 0 saturated carbocycles. The van der Waals surface area contributed by atoms with Crippen molar-refractivity contribution in [1.29, 1.82) is 0 Å². The molecule has 0 aliphatic carbocycles. The molecule has 0 fully saturated rings. The molecule has 34 heavy (non-hydrogen) atoms. The predicted octanol–water partition coefficient (Wildman–Crippen LogP) is -2.06. The third-order valence-corrected chi connectivity index (χ3v) is 5.09. The molecule has 2 unspecified atom stereocenters. The Labute approximate surface area is 226 Å². The van der Waals surface area contributed by atoms with Crippen LogP contribution in [0.25, 0.3) is 0 Å². The standard InChI is InChI=1S/C17H32N2O4.C6H14N2O2.Na/c1-2-3-4-5-6-7-8-9-10-11-16(21)19-14(17(22)23)12-13-15(18)20;7-4-2-1-3-5(8)6(9)10;/h14H,2-13H2,1H3,(H2,18,20)(H,19,21)(H,22,23);5H,1-4,7-8H2,(H,9,10);/q;;+1/p-1. The maximum atomic E-state index is 11.7. The largest absolute Gasteiger partial charge is 1.00 e. The number of carbonyl (C=O) groups is 4. The summed E-state index contributed by atoms with van der Waals surface area (Å²) in [5.41, 5.74) is 15.3. The monoisotopic (exact) mass is 496 g/mol. The van der Waals surface area contributed by atoms with Gasteiger partial charge in [-0.3, -0.25) is 9.59 Å². The molecule has 2 atom stereocenters. The Morgan fingerprint density at radius 2 is 1.38 bits per heavy atom. The Hall–Kier alpha value is -1.20. The van der Waals surface area contributed by atoms with Crippen molar-refractivity contribution < 1.29 is 58.9 Å². The zero-order valence-electron chi connectivity index (χ0n) is 21.2. The molecule has 0 heterocycles.